The second-order valence-corrected chi connectivity index (χ2v) is 8.60. The molecule has 2 aliphatic rings. The van der Waals surface area contributed by atoms with Crippen LogP contribution in [0.15, 0.2) is 24.4 Å². The molecule has 2 saturated heterocycles. The zero-order valence-corrected chi connectivity index (χ0v) is 18.1. The number of morpholine rings is 1. The number of anilines is 1. The third-order valence-electron chi connectivity index (χ3n) is 6.42. The van der Waals surface area contributed by atoms with E-state index >= 15 is 0 Å². The van der Waals surface area contributed by atoms with Gasteiger partial charge < -0.3 is 15.0 Å². The van der Waals surface area contributed by atoms with Gasteiger partial charge in [0.2, 0.25) is 0 Å². The average molecular weight is 407 g/mol. The van der Waals surface area contributed by atoms with Crippen LogP contribution in [0, 0.1) is 13.8 Å². The highest BCUT2D eigenvalue weighted by atomic mass is 16.5. The molecule has 2 aliphatic heterocycles. The number of hydrogen-bond donors (Lipinski definition) is 1. The molecule has 1 N–H and O–H groups in total. The lowest BCUT2D eigenvalue weighted by molar-refractivity contribution is 0.0985. The number of nitrogens with one attached hydrogen (secondary N) is 1. The zero-order valence-electron chi connectivity index (χ0n) is 18.1. The normalized spacial score (nSPS) is 20.8. The predicted molar refractivity (Wildman–Crippen MR) is 119 cm³/mol. The molecule has 158 valence electrons. The number of ether oxygens (including phenoxy) is 1. The van der Waals surface area contributed by atoms with Gasteiger partial charge in [-0.2, -0.15) is 5.10 Å². The van der Waals surface area contributed by atoms with E-state index in [9.17, 15) is 0 Å². The highest BCUT2D eigenvalue weighted by Gasteiger charge is 2.23. The second-order valence-electron chi connectivity index (χ2n) is 8.60. The number of benzene rings is 1. The Morgan fingerprint density at radius 3 is 2.67 bits per heavy atom. The van der Waals surface area contributed by atoms with Gasteiger partial charge in [-0.3, -0.25) is 0 Å². The highest BCUT2D eigenvalue weighted by Crippen LogP contribution is 2.32. The Labute approximate surface area is 177 Å². The van der Waals surface area contributed by atoms with E-state index in [1.54, 1.807) is 0 Å². The molecule has 1 atom stereocenters. The number of aryl methyl sites for hydroxylation is 2. The molecular formula is C23H30N6O. The number of nitrogens with zero attached hydrogens (tertiary/aromatic N) is 5. The highest BCUT2D eigenvalue weighted by molar-refractivity contribution is 5.82. The van der Waals surface area contributed by atoms with Crippen molar-refractivity contribution in [3.8, 4) is 5.82 Å². The smallest absolute Gasteiger partial charge is 0.159 e. The van der Waals surface area contributed by atoms with Gasteiger partial charge in [0.05, 0.1) is 31.0 Å². The monoisotopic (exact) mass is 406 g/mol. The first-order chi connectivity index (χ1) is 14.6. The van der Waals surface area contributed by atoms with Gasteiger partial charge in [0.1, 0.15) is 11.6 Å². The van der Waals surface area contributed by atoms with Gasteiger partial charge in [0.25, 0.3) is 0 Å². The van der Waals surface area contributed by atoms with E-state index in [-0.39, 0.29) is 0 Å². The standard InChI is InChI=1S/C23H30N6O/c1-15-10-19-13-25-29(21(19)11-20(15)18-4-6-24-7-5-18)23-12-22(26-17(3)27-23)28-8-9-30-14-16(28)2/h10-13,16,18,24H,4-9,14H2,1-3H3/t16-/m1/s1. The van der Waals surface area contributed by atoms with E-state index in [4.69, 9.17) is 19.8 Å². The van der Waals surface area contributed by atoms with Crippen LogP contribution in [0.5, 0.6) is 0 Å². The summed E-state index contributed by atoms with van der Waals surface area (Å²) in [6.07, 6.45) is 4.32. The first-order valence-electron chi connectivity index (χ1n) is 11.0. The fraction of sp³-hybridized carbons (Fsp3) is 0.522. The Bertz CT molecular complexity index is 1060. The summed E-state index contributed by atoms with van der Waals surface area (Å²) in [5, 5.41) is 9.34. The molecule has 7 nitrogen and oxygen atoms in total. The first-order valence-corrected chi connectivity index (χ1v) is 11.0. The number of aromatic nitrogens is 4. The topological polar surface area (TPSA) is 68.1 Å². The molecule has 0 spiro atoms. The van der Waals surface area contributed by atoms with Crippen LogP contribution in [0.3, 0.4) is 0 Å². The summed E-state index contributed by atoms with van der Waals surface area (Å²) in [4.78, 5) is 11.8. The molecule has 5 rings (SSSR count). The minimum atomic E-state index is 0.296. The van der Waals surface area contributed by atoms with Gasteiger partial charge >= 0.3 is 0 Å². The molecule has 4 heterocycles. The Balaban J connectivity index is 1.57. The van der Waals surface area contributed by atoms with Crippen molar-refractivity contribution >= 4 is 16.7 Å². The van der Waals surface area contributed by atoms with E-state index in [1.165, 1.54) is 24.0 Å². The molecular weight excluding hydrogens is 376 g/mol. The van der Waals surface area contributed by atoms with Crippen LogP contribution >= 0.6 is 0 Å². The lowest BCUT2D eigenvalue weighted by atomic mass is 9.87. The third-order valence-corrected chi connectivity index (χ3v) is 6.42. The summed E-state index contributed by atoms with van der Waals surface area (Å²) in [5.41, 5.74) is 3.92. The van der Waals surface area contributed by atoms with Crippen molar-refractivity contribution in [1.82, 2.24) is 25.1 Å². The molecule has 0 radical (unpaired) electrons. The molecule has 2 aromatic heterocycles. The third kappa shape index (κ3) is 3.56. The molecule has 2 fully saturated rings. The summed E-state index contributed by atoms with van der Waals surface area (Å²) in [6, 6.07) is 6.97. The minimum absolute atomic E-state index is 0.296. The van der Waals surface area contributed by atoms with E-state index in [0.717, 1.165) is 61.2 Å². The van der Waals surface area contributed by atoms with Gasteiger partial charge in [-0.25, -0.2) is 14.6 Å². The maximum atomic E-state index is 5.60. The Morgan fingerprint density at radius 1 is 1.07 bits per heavy atom. The minimum Gasteiger partial charge on any atom is -0.377 e. The summed E-state index contributed by atoms with van der Waals surface area (Å²) >= 11 is 0. The van der Waals surface area contributed by atoms with Crippen molar-refractivity contribution in [2.24, 2.45) is 0 Å². The van der Waals surface area contributed by atoms with Crippen molar-refractivity contribution in [2.75, 3.05) is 37.7 Å². The van der Waals surface area contributed by atoms with Crippen molar-refractivity contribution < 1.29 is 4.74 Å². The largest absolute Gasteiger partial charge is 0.377 e. The lowest BCUT2D eigenvalue weighted by Gasteiger charge is -2.34. The fourth-order valence-corrected chi connectivity index (χ4v) is 4.82. The lowest BCUT2D eigenvalue weighted by Crippen LogP contribution is -2.44. The first kappa shape index (κ1) is 19.5. The molecule has 0 unspecified atom stereocenters. The number of rotatable bonds is 3. The molecule has 7 heteroatoms. The fourth-order valence-electron chi connectivity index (χ4n) is 4.82. The van der Waals surface area contributed by atoms with Crippen molar-refractivity contribution in [1.29, 1.82) is 0 Å². The van der Waals surface area contributed by atoms with Crippen molar-refractivity contribution in [2.45, 2.75) is 45.6 Å². The van der Waals surface area contributed by atoms with E-state index in [2.05, 4.69) is 42.3 Å². The summed E-state index contributed by atoms with van der Waals surface area (Å²) in [7, 11) is 0. The number of hydrogen-bond acceptors (Lipinski definition) is 6. The van der Waals surface area contributed by atoms with E-state index < -0.39 is 0 Å². The quantitative estimate of drug-likeness (QED) is 0.721. The molecule has 3 aromatic rings. The summed E-state index contributed by atoms with van der Waals surface area (Å²) in [6.45, 7) is 10.8. The van der Waals surface area contributed by atoms with Crippen LogP contribution in [0.4, 0.5) is 5.82 Å². The maximum Gasteiger partial charge on any atom is 0.159 e. The van der Waals surface area contributed by atoms with Gasteiger partial charge in [-0.15, -0.1) is 0 Å². The van der Waals surface area contributed by atoms with Crippen molar-refractivity contribution in [3.05, 3.63) is 41.3 Å². The average Bonchev–Trinajstić information content (AvgIpc) is 3.16. The zero-order chi connectivity index (χ0) is 20.7. The second kappa shape index (κ2) is 7.96. The summed E-state index contributed by atoms with van der Waals surface area (Å²) < 4.78 is 7.57. The Hall–Kier alpha value is -2.51. The predicted octanol–water partition coefficient (Wildman–Crippen LogP) is 3.12. The molecule has 30 heavy (non-hydrogen) atoms. The molecule has 0 saturated carbocycles. The maximum absolute atomic E-state index is 5.60. The Kier molecular flexibility index (Phi) is 5.16. The van der Waals surface area contributed by atoms with Gasteiger partial charge in [-0.05, 0) is 75.9 Å². The van der Waals surface area contributed by atoms with Crippen LogP contribution in [0.1, 0.15) is 42.6 Å². The van der Waals surface area contributed by atoms with Crippen LogP contribution < -0.4 is 10.2 Å². The van der Waals surface area contributed by atoms with Crippen LogP contribution in [0.25, 0.3) is 16.7 Å². The number of fused-ring (bicyclic) bond motifs is 1. The summed E-state index contributed by atoms with van der Waals surface area (Å²) in [5.74, 6) is 3.14. The molecule has 0 bridgehead atoms. The van der Waals surface area contributed by atoms with Gasteiger partial charge in [0, 0.05) is 18.0 Å². The van der Waals surface area contributed by atoms with Crippen LogP contribution in [-0.2, 0) is 4.74 Å². The molecule has 0 amide bonds. The Morgan fingerprint density at radius 2 is 1.87 bits per heavy atom. The van der Waals surface area contributed by atoms with Crippen LogP contribution in [0.2, 0.25) is 0 Å². The SMILES string of the molecule is Cc1nc(N2CCOC[C@H]2C)cc(-n2ncc3cc(C)c(C4CCNCC4)cc32)n1. The van der Waals surface area contributed by atoms with Crippen molar-refractivity contribution in [3.63, 3.8) is 0 Å². The molecule has 1 aromatic carbocycles. The molecule has 0 aliphatic carbocycles. The number of piperidine rings is 1. The van der Waals surface area contributed by atoms with E-state index in [0.29, 0.717) is 12.0 Å². The van der Waals surface area contributed by atoms with E-state index in [1.807, 2.05) is 17.8 Å². The van der Waals surface area contributed by atoms with Gasteiger partial charge in [-0.1, -0.05) is 0 Å². The van der Waals surface area contributed by atoms with Gasteiger partial charge in [0.15, 0.2) is 5.82 Å². The van der Waals surface area contributed by atoms with Crippen LogP contribution in [-0.4, -0.2) is 58.6 Å².